The number of benzene rings is 1. The van der Waals surface area contributed by atoms with Crippen molar-refractivity contribution in [1.82, 2.24) is 4.90 Å². The van der Waals surface area contributed by atoms with Crippen LogP contribution in [-0.2, 0) is 0 Å². The van der Waals surface area contributed by atoms with E-state index in [4.69, 9.17) is 28.9 Å². The fourth-order valence-corrected chi connectivity index (χ4v) is 1.98. The van der Waals surface area contributed by atoms with Gasteiger partial charge in [0.25, 0.3) is 5.91 Å². The zero-order valence-electron chi connectivity index (χ0n) is 10.1. The van der Waals surface area contributed by atoms with Crippen molar-refractivity contribution in [3.8, 4) is 0 Å². The van der Waals surface area contributed by atoms with Crippen LogP contribution in [0.15, 0.2) is 12.1 Å². The van der Waals surface area contributed by atoms with E-state index in [1.165, 1.54) is 0 Å². The van der Waals surface area contributed by atoms with E-state index >= 15 is 0 Å². The molecule has 0 heterocycles. The lowest BCUT2D eigenvalue weighted by Gasteiger charge is -2.25. The molecule has 1 amide bonds. The highest BCUT2D eigenvalue weighted by Crippen LogP contribution is 2.30. The van der Waals surface area contributed by atoms with Crippen LogP contribution in [0.5, 0.6) is 0 Å². The number of nitrogens with two attached hydrogens (primary N) is 1. The van der Waals surface area contributed by atoms with Gasteiger partial charge in [-0.15, -0.1) is 0 Å². The van der Waals surface area contributed by atoms with Crippen LogP contribution in [-0.4, -0.2) is 23.4 Å². The Bertz CT molecular complexity index is 410. The Morgan fingerprint density at radius 3 is 2.41 bits per heavy atom. The second kappa shape index (κ2) is 5.61. The van der Waals surface area contributed by atoms with E-state index in [1.807, 2.05) is 20.8 Å². The highest BCUT2D eigenvalue weighted by molar-refractivity contribution is 6.43. The minimum Gasteiger partial charge on any atom is -0.397 e. The van der Waals surface area contributed by atoms with E-state index in [-0.39, 0.29) is 17.0 Å². The SMILES string of the molecule is CCN(C(=O)c1cc(N)c(Cl)c(Cl)c1)C(C)C. The molecule has 0 spiro atoms. The Morgan fingerprint density at radius 2 is 2.00 bits per heavy atom. The number of nitrogens with zero attached hydrogens (tertiary/aromatic N) is 1. The lowest BCUT2D eigenvalue weighted by Crippen LogP contribution is -2.36. The second-order valence-electron chi connectivity index (χ2n) is 4.05. The summed E-state index contributed by atoms with van der Waals surface area (Å²) in [5, 5.41) is 0.589. The van der Waals surface area contributed by atoms with Gasteiger partial charge in [-0.2, -0.15) is 0 Å². The molecule has 0 atom stereocenters. The van der Waals surface area contributed by atoms with Crippen LogP contribution in [0.1, 0.15) is 31.1 Å². The highest BCUT2D eigenvalue weighted by atomic mass is 35.5. The van der Waals surface area contributed by atoms with Crippen molar-refractivity contribution < 1.29 is 4.79 Å². The van der Waals surface area contributed by atoms with Gasteiger partial charge in [-0.25, -0.2) is 0 Å². The molecule has 17 heavy (non-hydrogen) atoms. The Hall–Kier alpha value is -0.930. The van der Waals surface area contributed by atoms with Gasteiger partial charge in [0.2, 0.25) is 0 Å². The Morgan fingerprint density at radius 1 is 1.41 bits per heavy atom. The van der Waals surface area contributed by atoms with Crippen molar-refractivity contribution in [3.63, 3.8) is 0 Å². The lowest BCUT2D eigenvalue weighted by molar-refractivity contribution is 0.0717. The molecule has 5 heteroatoms. The molecule has 3 nitrogen and oxygen atoms in total. The normalized spacial score (nSPS) is 10.7. The first-order valence-electron chi connectivity index (χ1n) is 5.44. The average Bonchev–Trinajstić information content (AvgIpc) is 2.25. The van der Waals surface area contributed by atoms with Crippen molar-refractivity contribution >= 4 is 34.8 Å². The van der Waals surface area contributed by atoms with Crippen LogP contribution in [0.3, 0.4) is 0 Å². The molecule has 0 saturated carbocycles. The summed E-state index contributed by atoms with van der Waals surface area (Å²) in [6.07, 6.45) is 0. The molecule has 0 aliphatic carbocycles. The quantitative estimate of drug-likeness (QED) is 0.859. The van der Waals surface area contributed by atoms with Crippen molar-refractivity contribution in [2.24, 2.45) is 0 Å². The largest absolute Gasteiger partial charge is 0.397 e. The van der Waals surface area contributed by atoms with E-state index in [2.05, 4.69) is 0 Å². The molecule has 0 bridgehead atoms. The molecule has 2 N–H and O–H groups in total. The summed E-state index contributed by atoms with van der Waals surface area (Å²) in [6.45, 7) is 6.49. The zero-order valence-corrected chi connectivity index (χ0v) is 11.6. The van der Waals surface area contributed by atoms with E-state index in [9.17, 15) is 4.79 Å². The highest BCUT2D eigenvalue weighted by Gasteiger charge is 2.18. The standard InChI is InChI=1S/C12H16Cl2N2O/c1-4-16(7(2)3)12(17)8-5-9(13)11(14)10(15)6-8/h5-7H,4,15H2,1-3H3. The summed E-state index contributed by atoms with van der Waals surface area (Å²) in [6, 6.07) is 3.23. The lowest BCUT2D eigenvalue weighted by atomic mass is 10.1. The predicted molar refractivity (Wildman–Crippen MR) is 72.7 cm³/mol. The monoisotopic (exact) mass is 274 g/mol. The number of hydrogen-bond donors (Lipinski definition) is 1. The van der Waals surface area contributed by atoms with Crippen molar-refractivity contribution in [1.29, 1.82) is 0 Å². The molecule has 0 aliphatic heterocycles. The van der Waals surface area contributed by atoms with Gasteiger partial charge < -0.3 is 10.6 Å². The molecule has 0 unspecified atom stereocenters. The third kappa shape index (κ3) is 3.05. The van der Waals surface area contributed by atoms with Crippen molar-refractivity contribution in [3.05, 3.63) is 27.7 Å². The van der Waals surface area contributed by atoms with Crippen LogP contribution >= 0.6 is 23.2 Å². The van der Waals surface area contributed by atoms with Crippen LogP contribution in [0, 0.1) is 0 Å². The summed E-state index contributed by atoms with van der Waals surface area (Å²) in [4.78, 5) is 13.9. The first kappa shape index (κ1) is 14.1. The number of carbonyl (C=O) groups is 1. The van der Waals surface area contributed by atoms with Gasteiger partial charge in [-0.3, -0.25) is 4.79 Å². The fourth-order valence-electron chi connectivity index (χ4n) is 1.64. The summed E-state index contributed by atoms with van der Waals surface area (Å²) in [5.74, 6) is -0.0900. The molecule has 0 radical (unpaired) electrons. The molecule has 0 aliphatic rings. The van der Waals surface area contributed by atoms with Crippen LogP contribution < -0.4 is 5.73 Å². The maximum absolute atomic E-state index is 12.2. The molecule has 0 saturated heterocycles. The molecule has 0 aromatic heterocycles. The summed E-state index contributed by atoms with van der Waals surface area (Å²) in [5.41, 5.74) is 6.48. The van der Waals surface area contributed by atoms with Gasteiger partial charge in [0.15, 0.2) is 0 Å². The molecule has 1 rings (SSSR count). The first-order valence-corrected chi connectivity index (χ1v) is 6.19. The van der Waals surface area contributed by atoms with Gasteiger partial charge in [-0.05, 0) is 32.9 Å². The number of halogens is 2. The minimum absolute atomic E-state index is 0.0900. The number of nitrogen functional groups attached to an aromatic ring is 1. The van der Waals surface area contributed by atoms with Gasteiger partial charge in [0.05, 0.1) is 15.7 Å². The third-order valence-corrected chi connectivity index (χ3v) is 3.34. The third-order valence-electron chi connectivity index (χ3n) is 2.53. The van der Waals surface area contributed by atoms with E-state index in [0.717, 1.165) is 0 Å². The van der Waals surface area contributed by atoms with Crippen LogP contribution in [0.2, 0.25) is 10.0 Å². The number of carbonyl (C=O) groups excluding carboxylic acids is 1. The molecule has 94 valence electrons. The number of amides is 1. The number of rotatable bonds is 3. The molecule has 0 fully saturated rings. The average molecular weight is 275 g/mol. The summed E-state index contributed by atoms with van der Waals surface area (Å²) >= 11 is 11.8. The summed E-state index contributed by atoms with van der Waals surface area (Å²) in [7, 11) is 0. The molecule has 1 aromatic rings. The maximum Gasteiger partial charge on any atom is 0.254 e. The molecular formula is C12H16Cl2N2O. The van der Waals surface area contributed by atoms with Crippen molar-refractivity contribution in [2.75, 3.05) is 12.3 Å². The van der Waals surface area contributed by atoms with Gasteiger partial charge in [0, 0.05) is 18.2 Å². The summed E-state index contributed by atoms with van der Waals surface area (Å²) < 4.78 is 0. The van der Waals surface area contributed by atoms with E-state index < -0.39 is 0 Å². The second-order valence-corrected chi connectivity index (χ2v) is 4.83. The maximum atomic E-state index is 12.2. The van der Waals surface area contributed by atoms with Gasteiger partial charge in [-0.1, -0.05) is 23.2 Å². The first-order chi connectivity index (χ1) is 7.88. The fraction of sp³-hybridized carbons (Fsp3) is 0.417. The topological polar surface area (TPSA) is 46.3 Å². The number of anilines is 1. The van der Waals surface area contributed by atoms with Crippen molar-refractivity contribution in [2.45, 2.75) is 26.8 Å². The van der Waals surface area contributed by atoms with E-state index in [0.29, 0.717) is 22.8 Å². The zero-order chi connectivity index (χ0) is 13.2. The Balaban J connectivity index is 3.12. The Kier molecular flexibility index (Phi) is 4.66. The Labute approximate surface area is 111 Å². The van der Waals surface area contributed by atoms with Crippen LogP contribution in [0.4, 0.5) is 5.69 Å². The van der Waals surface area contributed by atoms with Crippen LogP contribution in [0.25, 0.3) is 0 Å². The minimum atomic E-state index is -0.0900. The van der Waals surface area contributed by atoms with Gasteiger partial charge >= 0.3 is 0 Å². The van der Waals surface area contributed by atoms with Gasteiger partial charge in [0.1, 0.15) is 0 Å². The number of hydrogen-bond acceptors (Lipinski definition) is 2. The molecule has 1 aromatic carbocycles. The molecular weight excluding hydrogens is 259 g/mol. The van der Waals surface area contributed by atoms with E-state index in [1.54, 1.807) is 17.0 Å². The predicted octanol–water partition coefficient (Wildman–Crippen LogP) is 3.45. The smallest absolute Gasteiger partial charge is 0.254 e.